The molecule has 1 atom stereocenters. The highest BCUT2D eigenvalue weighted by molar-refractivity contribution is 9.10. The molecule has 11 heteroatoms. The first kappa shape index (κ1) is 31.4. The van der Waals surface area contributed by atoms with Crippen molar-refractivity contribution in [1.29, 1.82) is 0 Å². The largest absolute Gasteiger partial charge is 0.454 e. The molecule has 1 aliphatic rings. The van der Waals surface area contributed by atoms with E-state index in [9.17, 15) is 18.0 Å². The smallest absolute Gasteiger partial charge is 0.244 e. The van der Waals surface area contributed by atoms with E-state index in [-0.39, 0.29) is 37.1 Å². The number of benzene rings is 3. The number of amides is 2. The zero-order chi connectivity index (χ0) is 30.1. The number of sulfonamides is 1. The number of fused-ring (bicyclic) bond motifs is 1. The van der Waals surface area contributed by atoms with E-state index in [0.29, 0.717) is 18.0 Å². The Morgan fingerprint density at radius 1 is 0.952 bits per heavy atom. The third-order valence-electron chi connectivity index (χ3n) is 6.97. The van der Waals surface area contributed by atoms with Gasteiger partial charge in [0.15, 0.2) is 11.5 Å². The Morgan fingerprint density at radius 3 is 2.40 bits per heavy atom. The van der Waals surface area contributed by atoms with Crippen molar-refractivity contribution in [3.05, 3.63) is 88.4 Å². The van der Waals surface area contributed by atoms with Gasteiger partial charge in [-0.05, 0) is 48.7 Å². The maximum absolute atomic E-state index is 14.3. The van der Waals surface area contributed by atoms with Crippen molar-refractivity contribution in [2.45, 2.75) is 45.7 Å². The zero-order valence-electron chi connectivity index (χ0n) is 23.8. The second kappa shape index (κ2) is 14.6. The second-order valence-corrected chi connectivity index (χ2v) is 13.0. The second-order valence-electron chi connectivity index (χ2n) is 9.95. The summed E-state index contributed by atoms with van der Waals surface area (Å²) in [6, 6.07) is 20.9. The van der Waals surface area contributed by atoms with Gasteiger partial charge >= 0.3 is 0 Å². The molecule has 0 fully saturated rings. The molecular formula is C31H36BrN3O6S. The van der Waals surface area contributed by atoms with Crippen LogP contribution in [0, 0.1) is 0 Å². The number of rotatable bonds is 14. The van der Waals surface area contributed by atoms with E-state index >= 15 is 0 Å². The standard InChI is InChI=1S/C31H36BrN3O6S/c1-3-5-16-33-31(37)27(18-23-10-7-6-8-11-23)34(20-24-12-9-13-25(32)17-24)30(36)21-35(42(38,39)4-2)26-14-15-28-29(19-26)41-22-40-28/h6-15,17,19,27H,3-5,16,18,20-22H2,1-2H3,(H,33,37). The molecule has 2 amide bonds. The summed E-state index contributed by atoms with van der Waals surface area (Å²) < 4.78 is 39.4. The van der Waals surface area contributed by atoms with Crippen LogP contribution in [0.4, 0.5) is 5.69 Å². The number of ether oxygens (including phenoxy) is 2. The van der Waals surface area contributed by atoms with E-state index in [2.05, 4.69) is 21.2 Å². The van der Waals surface area contributed by atoms with Crippen LogP contribution in [0.3, 0.4) is 0 Å². The average molecular weight is 659 g/mol. The maximum Gasteiger partial charge on any atom is 0.244 e. The van der Waals surface area contributed by atoms with Crippen LogP contribution in [0.25, 0.3) is 0 Å². The molecule has 1 N–H and O–H groups in total. The van der Waals surface area contributed by atoms with Gasteiger partial charge < -0.3 is 19.7 Å². The molecule has 224 valence electrons. The first-order valence-corrected chi connectivity index (χ1v) is 16.4. The van der Waals surface area contributed by atoms with Gasteiger partial charge in [0.1, 0.15) is 12.6 Å². The zero-order valence-corrected chi connectivity index (χ0v) is 26.2. The van der Waals surface area contributed by atoms with E-state index in [1.807, 2.05) is 61.5 Å². The van der Waals surface area contributed by atoms with Gasteiger partial charge in [-0.1, -0.05) is 71.7 Å². The number of unbranched alkanes of at least 4 members (excludes halogenated alkanes) is 1. The summed E-state index contributed by atoms with van der Waals surface area (Å²) in [4.78, 5) is 29.4. The summed E-state index contributed by atoms with van der Waals surface area (Å²) in [7, 11) is -3.88. The fourth-order valence-corrected chi connectivity index (χ4v) is 6.15. The highest BCUT2D eigenvalue weighted by atomic mass is 79.9. The minimum Gasteiger partial charge on any atom is -0.454 e. The van der Waals surface area contributed by atoms with Crippen LogP contribution < -0.4 is 19.1 Å². The van der Waals surface area contributed by atoms with Gasteiger partial charge in [-0.15, -0.1) is 0 Å². The van der Waals surface area contributed by atoms with E-state index < -0.39 is 28.5 Å². The van der Waals surface area contributed by atoms with Gasteiger partial charge in [0, 0.05) is 30.0 Å². The summed E-state index contributed by atoms with van der Waals surface area (Å²) in [6.07, 6.45) is 1.97. The lowest BCUT2D eigenvalue weighted by Crippen LogP contribution is -2.53. The van der Waals surface area contributed by atoms with E-state index in [1.165, 1.54) is 11.8 Å². The number of carbonyl (C=O) groups is 2. The first-order chi connectivity index (χ1) is 20.2. The third-order valence-corrected chi connectivity index (χ3v) is 9.20. The number of hydrogen-bond donors (Lipinski definition) is 1. The number of anilines is 1. The molecular weight excluding hydrogens is 622 g/mol. The molecule has 0 radical (unpaired) electrons. The van der Waals surface area contributed by atoms with Crippen LogP contribution in [0.5, 0.6) is 11.5 Å². The van der Waals surface area contributed by atoms with E-state index in [4.69, 9.17) is 9.47 Å². The first-order valence-electron chi connectivity index (χ1n) is 14.0. The van der Waals surface area contributed by atoms with Crippen molar-refractivity contribution in [1.82, 2.24) is 10.2 Å². The average Bonchev–Trinajstić information content (AvgIpc) is 3.46. The predicted octanol–water partition coefficient (Wildman–Crippen LogP) is 4.89. The van der Waals surface area contributed by atoms with Gasteiger partial charge in [-0.25, -0.2) is 8.42 Å². The molecule has 0 aromatic heterocycles. The fourth-order valence-electron chi connectivity index (χ4n) is 4.65. The fraction of sp³-hybridized carbons (Fsp3) is 0.355. The van der Waals surface area contributed by atoms with Crippen molar-refractivity contribution in [3.8, 4) is 11.5 Å². The van der Waals surface area contributed by atoms with E-state index in [1.54, 1.807) is 18.2 Å². The Labute approximate surface area is 256 Å². The van der Waals surface area contributed by atoms with Crippen LogP contribution in [-0.2, 0) is 32.6 Å². The lowest BCUT2D eigenvalue weighted by Gasteiger charge is -2.34. The molecule has 1 heterocycles. The topological polar surface area (TPSA) is 105 Å². The van der Waals surface area contributed by atoms with Crippen LogP contribution in [0.1, 0.15) is 37.8 Å². The summed E-state index contributed by atoms with van der Waals surface area (Å²) in [5, 5.41) is 2.99. The van der Waals surface area contributed by atoms with Gasteiger partial charge in [0.25, 0.3) is 0 Å². The highest BCUT2D eigenvalue weighted by Crippen LogP contribution is 2.36. The SMILES string of the molecule is CCCCNC(=O)C(Cc1ccccc1)N(Cc1cccc(Br)c1)C(=O)CN(c1ccc2c(c1)OCO2)S(=O)(=O)CC. The van der Waals surface area contributed by atoms with Crippen molar-refractivity contribution < 1.29 is 27.5 Å². The Balaban J connectivity index is 1.73. The number of halogens is 1. The molecule has 0 saturated carbocycles. The number of nitrogens with one attached hydrogen (secondary N) is 1. The normalized spacial score (nSPS) is 12.9. The summed E-state index contributed by atoms with van der Waals surface area (Å²) in [5.41, 5.74) is 1.96. The summed E-state index contributed by atoms with van der Waals surface area (Å²) in [5.74, 6) is -0.105. The Morgan fingerprint density at radius 2 is 1.69 bits per heavy atom. The number of carbonyl (C=O) groups excluding carboxylic acids is 2. The molecule has 1 unspecified atom stereocenters. The Bertz CT molecular complexity index is 1480. The summed E-state index contributed by atoms with van der Waals surface area (Å²) in [6.45, 7) is 3.70. The Kier molecular flexibility index (Phi) is 10.9. The quantitative estimate of drug-likeness (QED) is 0.248. The van der Waals surface area contributed by atoms with Crippen molar-refractivity contribution in [2.75, 3.05) is 29.9 Å². The molecule has 4 rings (SSSR count). The van der Waals surface area contributed by atoms with Gasteiger partial charge in [-0.2, -0.15) is 0 Å². The lowest BCUT2D eigenvalue weighted by atomic mass is 10.0. The third kappa shape index (κ3) is 8.04. The molecule has 9 nitrogen and oxygen atoms in total. The maximum atomic E-state index is 14.3. The van der Waals surface area contributed by atoms with Crippen LogP contribution >= 0.6 is 15.9 Å². The molecule has 0 aliphatic carbocycles. The highest BCUT2D eigenvalue weighted by Gasteiger charge is 2.34. The van der Waals surface area contributed by atoms with Crippen molar-refractivity contribution in [2.24, 2.45) is 0 Å². The molecule has 0 bridgehead atoms. The minimum absolute atomic E-state index is 0.0347. The minimum atomic E-state index is -3.88. The van der Waals surface area contributed by atoms with Crippen LogP contribution in [0.2, 0.25) is 0 Å². The molecule has 0 spiro atoms. The van der Waals surface area contributed by atoms with Crippen molar-refractivity contribution in [3.63, 3.8) is 0 Å². The van der Waals surface area contributed by atoms with Crippen molar-refractivity contribution >= 4 is 43.5 Å². The molecule has 42 heavy (non-hydrogen) atoms. The molecule has 3 aromatic carbocycles. The number of nitrogens with zero attached hydrogens (tertiary/aromatic N) is 2. The van der Waals surface area contributed by atoms with Gasteiger partial charge in [0.2, 0.25) is 28.6 Å². The molecule has 1 aliphatic heterocycles. The molecule has 3 aromatic rings. The van der Waals surface area contributed by atoms with Crippen LogP contribution in [0.15, 0.2) is 77.3 Å². The number of hydrogen-bond acceptors (Lipinski definition) is 6. The molecule has 0 saturated heterocycles. The lowest BCUT2D eigenvalue weighted by molar-refractivity contribution is -0.140. The van der Waals surface area contributed by atoms with Gasteiger partial charge in [0.05, 0.1) is 11.4 Å². The Hall–Kier alpha value is -3.57. The van der Waals surface area contributed by atoms with Gasteiger partial charge in [-0.3, -0.25) is 13.9 Å². The van der Waals surface area contributed by atoms with Crippen LogP contribution in [-0.4, -0.2) is 56.8 Å². The summed E-state index contributed by atoms with van der Waals surface area (Å²) >= 11 is 3.49. The van der Waals surface area contributed by atoms with E-state index in [0.717, 1.165) is 32.7 Å². The predicted molar refractivity (Wildman–Crippen MR) is 166 cm³/mol. The monoisotopic (exact) mass is 657 g/mol.